The maximum Gasteiger partial charge on any atom is 0.307 e. The van der Waals surface area contributed by atoms with Gasteiger partial charge in [-0.3, -0.25) is 4.79 Å². The van der Waals surface area contributed by atoms with Crippen LogP contribution in [0.15, 0.2) is 0 Å². The maximum atomic E-state index is 11.8. The zero-order chi connectivity index (χ0) is 19.4. The molecule has 0 saturated heterocycles. The summed E-state index contributed by atoms with van der Waals surface area (Å²) in [7, 11) is 0. The van der Waals surface area contributed by atoms with E-state index in [9.17, 15) is 15.0 Å². The van der Waals surface area contributed by atoms with Crippen molar-refractivity contribution in [3.8, 4) is 0 Å². The molecular weight excluding hydrogens is 340 g/mol. The topological polar surface area (TPSA) is 66.8 Å². The Morgan fingerprint density at radius 1 is 1.00 bits per heavy atom. The minimum Gasteiger partial charge on any atom is -0.481 e. The van der Waals surface area contributed by atoms with E-state index in [2.05, 4.69) is 13.8 Å². The number of fused-ring (bicyclic) bond motifs is 5. The second kappa shape index (κ2) is 6.73. The maximum absolute atomic E-state index is 11.8. The van der Waals surface area contributed by atoms with Crippen LogP contribution >= 0.6 is 0 Å². The molecule has 4 aliphatic carbocycles. The lowest BCUT2D eigenvalue weighted by atomic mass is 9.44. The summed E-state index contributed by atoms with van der Waals surface area (Å²) in [5.41, 5.74) is -0.331. The highest BCUT2D eigenvalue weighted by molar-refractivity contribution is 5.71. The Bertz CT molecular complexity index is 591. The highest BCUT2D eigenvalue weighted by atomic mass is 16.5. The molecule has 2 N–H and O–H groups in total. The second-order valence-corrected chi connectivity index (χ2v) is 10.7. The van der Waals surface area contributed by atoms with Gasteiger partial charge in [0.2, 0.25) is 0 Å². The molecular formula is C23H38O4. The number of carboxylic acids is 1. The highest BCUT2D eigenvalue weighted by Crippen LogP contribution is 2.68. The van der Waals surface area contributed by atoms with Gasteiger partial charge in [-0.1, -0.05) is 13.8 Å². The van der Waals surface area contributed by atoms with Crippen LogP contribution < -0.4 is 0 Å². The first-order valence-electron chi connectivity index (χ1n) is 11.3. The molecule has 0 aliphatic heterocycles. The largest absolute Gasteiger partial charge is 0.481 e. The Kier molecular flexibility index (Phi) is 4.91. The molecule has 4 rings (SSSR count). The van der Waals surface area contributed by atoms with Crippen LogP contribution in [0.4, 0.5) is 0 Å². The number of aliphatic hydroxyl groups is 1. The minimum atomic E-state index is -0.641. The standard InChI is InChI=1S/C23H38O4/c1-4-27-14-23(26)12-11-21(2)15(13-23)5-6-16-17-7-8-19(20(24)25)22(17,3)10-9-18(16)21/h15-19,26H,4-14H2,1-3H3,(H,24,25)/t15-,16+,17+,18+,19-,21+,22+,23-/m1/s1. The molecule has 0 aromatic heterocycles. The highest BCUT2D eigenvalue weighted by Gasteiger charge is 2.62. The van der Waals surface area contributed by atoms with Gasteiger partial charge in [-0.2, -0.15) is 0 Å². The number of aliphatic carboxylic acids is 1. The normalized spacial score (nSPS) is 51.9. The molecule has 0 aromatic carbocycles. The summed E-state index contributed by atoms with van der Waals surface area (Å²) in [6.45, 7) is 7.90. The van der Waals surface area contributed by atoms with E-state index in [4.69, 9.17) is 4.74 Å². The number of rotatable bonds is 4. The summed E-state index contributed by atoms with van der Waals surface area (Å²) in [6.07, 6.45) is 9.46. The molecule has 4 fully saturated rings. The molecule has 27 heavy (non-hydrogen) atoms. The molecule has 4 aliphatic rings. The Hall–Kier alpha value is -0.610. The molecule has 0 amide bonds. The fourth-order valence-electron chi connectivity index (χ4n) is 8.15. The van der Waals surface area contributed by atoms with Crippen LogP contribution in [-0.2, 0) is 9.53 Å². The van der Waals surface area contributed by atoms with E-state index in [1.54, 1.807) is 0 Å². The third-order valence-electron chi connectivity index (χ3n) is 9.69. The van der Waals surface area contributed by atoms with Gasteiger partial charge in [0.25, 0.3) is 0 Å². The lowest BCUT2D eigenvalue weighted by molar-refractivity contribution is -0.169. The molecule has 4 nitrogen and oxygen atoms in total. The van der Waals surface area contributed by atoms with Crippen molar-refractivity contribution in [2.75, 3.05) is 13.2 Å². The van der Waals surface area contributed by atoms with E-state index < -0.39 is 11.6 Å². The van der Waals surface area contributed by atoms with E-state index in [1.807, 2.05) is 6.92 Å². The first kappa shape index (κ1) is 19.7. The van der Waals surface area contributed by atoms with Crippen LogP contribution in [0, 0.1) is 40.4 Å². The van der Waals surface area contributed by atoms with Gasteiger partial charge in [0.15, 0.2) is 0 Å². The average Bonchev–Trinajstić information content (AvgIpc) is 2.98. The molecule has 4 heteroatoms. The third kappa shape index (κ3) is 2.97. The zero-order valence-corrected chi connectivity index (χ0v) is 17.4. The van der Waals surface area contributed by atoms with E-state index in [1.165, 1.54) is 19.3 Å². The number of hydrogen-bond acceptors (Lipinski definition) is 3. The molecule has 0 unspecified atom stereocenters. The second-order valence-electron chi connectivity index (χ2n) is 10.7. The average molecular weight is 379 g/mol. The van der Waals surface area contributed by atoms with Gasteiger partial charge in [0.05, 0.1) is 18.1 Å². The van der Waals surface area contributed by atoms with Crippen molar-refractivity contribution in [2.45, 2.75) is 84.2 Å². The Morgan fingerprint density at radius 3 is 2.44 bits per heavy atom. The summed E-state index contributed by atoms with van der Waals surface area (Å²) >= 11 is 0. The molecule has 0 spiro atoms. The predicted molar refractivity (Wildman–Crippen MR) is 104 cm³/mol. The summed E-state index contributed by atoms with van der Waals surface area (Å²) in [5.74, 6) is 1.85. The number of ether oxygens (including phenoxy) is 1. The fourth-order valence-corrected chi connectivity index (χ4v) is 8.15. The van der Waals surface area contributed by atoms with Gasteiger partial charge in [-0.15, -0.1) is 0 Å². The van der Waals surface area contributed by atoms with Crippen LogP contribution in [0.5, 0.6) is 0 Å². The number of hydrogen-bond donors (Lipinski definition) is 2. The van der Waals surface area contributed by atoms with Gasteiger partial charge >= 0.3 is 5.97 Å². The van der Waals surface area contributed by atoms with Gasteiger partial charge in [0.1, 0.15) is 0 Å². The van der Waals surface area contributed by atoms with Crippen molar-refractivity contribution in [1.82, 2.24) is 0 Å². The summed E-state index contributed by atoms with van der Waals surface area (Å²) in [4.78, 5) is 11.8. The molecule has 0 radical (unpaired) electrons. The molecule has 0 heterocycles. The predicted octanol–water partition coefficient (Wildman–Crippen LogP) is 4.50. The van der Waals surface area contributed by atoms with Crippen LogP contribution in [0.3, 0.4) is 0 Å². The third-order valence-corrected chi connectivity index (χ3v) is 9.69. The first-order chi connectivity index (χ1) is 12.7. The van der Waals surface area contributed by atoms with Crippen LogP contribution in [0.25, 0.3) is 0 Å². The minimum absolute atomic E-state index is 0.000562. The van der Waals surface area contributed by atoms with Crippen molar-refractivity contribution in [3.05, 3.63) is 0 Å². The monoisotopic (exact) mass is 378 g/mol. The zero-order valence-electron chi connectivity index (χ0n) is 17.4. The summed E-state index contributed by atoms with van der Waals surface area (Å²) < 4.78 is 5.59. The van der Waals surface area contributed by atoms with E-state index in [0.717, 1.165) is 38.5 Å². The quantitative estimate of drug-likeness (QED) is 0.756. The van der Waals surface area contributed by atoms with Crippen LogP contribution in [-0.4, -0.2) is 35.0 Å². The van der Waals surface area contributed by atoms with E-state index in [-0.39, 0.29) is 11.3 Å². The van der Waals surface area contributed by atoms with Gasteiger partial charge in [0, 0.05) is 6.61 Å². The Morgan fingerprint density at radius 2 is 1.74 bits per heavy atom. The van der Waals surface area contributed by atoms with Crippen LogP contribution in [0.1, 0.15) is 78.6 Å². The lowest BCUT2D eigenvalue weighted by Crippen LogP contribution is -2.56. The van der Waals surface area contributed by atoms with E-state index >= 15 is 0 Å². The van der Waals surface area contributed by atoms with Gasteiger partial charge < -0.3 is 14.9 Å². The molecule has 0 bridgehead atoms. The Labute approximate surface area is 164 Å². The summed E-state index contributed by atoms with van der Waals surface area (Å²) in [6, 6.07) is 0. The van der Waals surface area contributed by atoms with E-state index in [0.29, 0.717) is 42.3 Å². The molecule has 154 valence electrons. The molecule has 4 saturated carbocycles. The van der Waals surface area contributed by atoms with Crippen LogP contribution in [0.2, 0.25) is 0 Å². The van der Waals surface area contributed by atoms with Crippen molar-refractivity contribution in [3.63, 3.8) is 0 Å². The van der Waals surface area contributed by atoms with Crippen molar-refractivity contribution < 1.29 is 19.7 Å². The number of carbonyl (C=O) groups is 1. The SMILES string of the molecule is CCOC[C@@]1(O)CC[C@@]2(C)[C@H](CC[C@@H]3[C@@H]2CC[C@]2(C)[C@@H](C(=O)O)CC[C@@H]32)C1. The van der Waals surface area contributed by atoms with Crippen molar-refractivity contribution >= 4 is 5.97 Å². The molecule has 0 aromatic rings. The van der Waals surface area contributed by atoms with Gasteiger partial charge in [-0.25, -0.2) is 0 Å². The lowest BCUT2D eigenvalue weighted by Gasteiger charge is -2.62. The first-order valence-corrected chi connectivity index (χ1v) is 11.3. The van der Waals surface area contributed by atoms with Gasteiger partial charge in [-0.05, 0) is 99.2 Å². The number of carboxylic acid groups (broad SMARTS) is 1. The Balaban J connectivity index is 1.53. The van der Waals surface area contributed by atoms with Crippen molar-refractivity contribution in [1.29, 1.82) is 0 Å². The molecule has 8 atom stereocenters. The smallest absolute Gasteiger partial charge is 0.307 e. The fraction of sp³-hybridized carbons (Fsp3) is 0.957. The summed E-state index contributed by atoms with van der Waals surface area (Å²) in [5, 5.41) is 20.8. The van der Waals surface area contributed by atoms with Crippen molar-refractivity contribution in [2.24, 2.45) is 40.4 Å².